The summed E-state index contributed by atoms with van der Waals surface area (Å²) in [6.07, 6.45) is 0.964. The van der Waals surface area contributed by atoms with Crippen molar-refractivity contribution in [3.63, 3.8) is 0 Å². The molecule has 0 unspecified atom stereocenters. The highest BCUT2D eigenvalue weighted by atomic mass is 32.2. The number of hydrogen-bond donors (Lipinski definition) is 0. The van der Waals surface area contributed by atoms with E-state index in [0.29, 0.717) is 0 Å². The van der Waals surface area contributed by atoms with E-state index in [1.165, 1.54) is 5.56 Å². The number of ether oxygens (including phenoxy) is 2. The lowest BCUT2D eigenvalue weighted by atomic mass is 10.1. The summed E-state index contributed by atoms with van der Waals surface area (Å²) in [5.74, 6) is 2.48. The van der Waals surface area contributed by atoms with E-state index in [-0.39, 0.29) is 0 Å². The predicted molar refractivity (Wildman–Crippen MR) is 105 cm³/mol. The third kappa shape index (κ3) is 4.08. The van der Waals surface area contributed by atoms with Gasteiger partial charge in [0, 0.05) is 25.2 Å². The average molecular weight is 369 g/mol. The zero-order chi connectivity index (χ0) is 18.4. The Morgan fingerprint density at radius 2 is 1.77 bits per heavy atom. The Morgan fingerprint density at radius 3 is 2.50 bits per heavy atom. The van der Waals surface area contributed by atoms with Crippen molar-refractivity contribution in [2.75, 3.05) is 26.6 Å². The van der Waals surface area contributed by atoms with Gasteiger partial charge in [0.05, 0.1) is 12.7 Å². The van der Waals surface area contributed by atoms with E-state index >= 15 is 0 Å². The molecule has 0 aliphatic heterocycles. The van der Waals surface area contributed by atoms with Crippen molar-refractivity contribution in [3.8, 4) is 22.8 Å². The van der Waals surface area contributed by atoms with E-state index in [1.54, 1.807) is 26.0 Å². The molecule has 3 aromatic rings. The third-order valence-electron chi connectivity index (χ3n) is 4.00. The van der Waals surface area contributed by atoms with Crippen LogP contribution in [0.1, 0.15) is 12.0 Å². The Labute approximate surface area is 158 Å². The van der Waals surface area contributed by atoms with Crippen LogP contribution in [0.4, 0.5) is 0 Å². The second-order valence-electron chi connectivity index (χ2n) is 5.87. The SMILES string of the molecule is COCCCSc1nnc(-c2ccccc2OC)n1-c1ccc(C)cc1. The molecule has 6 heteroatoms. The van der Waals surface area contributed by atoms with Crippen molar-refractivity contribution < 1.29 is 9.47 Å². The number of aryl methyl sites for hydroxylation is 1. The minimum atomic E-state index is 0.741. The fraction of sp³-hybridized carbons (Fsp3) is 0.300. The van der Waals surface area contributed by atoms with E-state index < -0.39 is 0 Å². The number of rotatable bonds is 8. The molecule has 136 valence electrons. The number of hydrogen-bond acceptors (Lipinski definition) is 5. The Kier molecular flexibility index (Phi) is 6.30. The lowest BCUT2D eigenvalue weighted by molar-refractivity contribution is 0.200. The molecule has 0 atom stereocenters. The molecule has 3 rings (SSSR count). The van der Waals surface area contributed by atoms with Crippen molar-refractivity contribution in [2.45, 2.75) is 18.5 Å². The van der Waals surface area contributed by atoms with Crippen molar-refractivity contribution in [1.29, 1.82) is 0 Å². The highest BCUT2D eigenvalue weighted by Gasteiger charge is 2.18. The quantitative estimate of drug-likeness (QED) is 0.436. The highest BCUT2D eigenvalue weighted by molar-refractivity contribution is 7.99. The molecule has 26 heavy (non-hydrogen) atoms. The van der Waals surface area contributed by atoms with Crippen LogP contribution in [0.25, 0.3) is 17.1 Å². The second-order valence-corrected chi connectivity index (χ2v) is 6.93. The van der Waals surface area contributed by atoms with Crippen molar-refractivity contribution in [2.24, 2.45) is 0 Å². The lowest BCUT2D eigenvalue weighted by Crippen LogP contribution is -2.01. The van der Waals surface area contributed by atoms with Crippen LogP contribution in [0.15, 0.2) is 53.7 Å². The zero-order valence-electron chi connectivity index (χ0n) is 15.3. The monoisotopic (exact) mass is 369 g/mol. The molecule has 0 aliphatic carbocycles. The topological polar surface area (TPSA) is 49.2 Å². The number of methoxy groups -OCH3 is 2. The van der Waals surface area contributed by atoms with Gasteiger partial charge in [-0.3, -0.25) is 4.57 Å². The first-order chi connectivity index (χ1) is 12.7. The largest absolute Gasteiger partial charge is 0.496 e. The third-order valence-corrected chi connectivity index (χ3v) is 5.01. The van der Waals surface area contributed by atoms with Gasteiger partial charge < -0.3 is 9.47 Å². The Bertz CT molecular complexity index is 847. The van der Waals surface area contributed by atoms with Crippen molar-refractivity contribution in [3.05, 3.63) is 54.1 Å². The smallest absolute Gasteiger partial charge is 0.196 e. The van der Waals surface area contributed by atoms with Gasteiger partial charge in [0.1, 0.15) is 5.75 Å². The second kappa shape index (κ2) is 8.87. The van der Waals surface area contributed by atoms with Crippen LogP contribution in [0, 0.1) is 6.92 Å². The molecule has 1 heterocycles. The Balaban J connectivity index is 2.04. The minimum absolute atomic E-state index is 0.741. The summed E-state index contributed by atoms with van der Waals surface area (Å²) in [6.45, 7) is 2.82. The van der Waals surface area contributed by atoms with Crippen LogP contribution in [0.3, 0.4) is 0 Å². The molecular formula is C20H23N3O2S. The van der Waals surface area contributed by atoms with Gasteiger partial charge in [0.25, 0.3) is 0 Å². The van der Waals surface area contributed by atoms with Crippen LogP contribution in [-0.4, -0.2) is 41.3 Å². The van der Waals surface area contributed by atoms with Crippen LogP contribution < -0.4 is 4.74 Å². The molecule has 0 saturated carbocycles. The number of para-hydroxylation sites is 1. The number of benzene rings is 2. The molecule has 0 amide bonds. The van der Waals surface area contributed by atoms with Gasteiger partial charge in [-0.2, -0.15) is 0 Å². The van der Waals surface area contributed by atoms with Crippen LogP contribution in [0.2, 0.25) is 0 Å². The van der Waals surface area contributed by atoms with Gasteiger partial charge in [-0.15, -0.1) is 10.2 Å². The van der Waals surface area contributed by atoms with Crippen LogP contribution in [-0.2, 0) is 4.74 Å². The first-order valence-electron chi connectivity index (χ1n) is 8.52. The number of thioether (sulfide) groups is 1. The predicted octanol–water partition coefficient (Wildman–Crippen LogP) is 4.38. The molecular weight excluding hydrogens is 346 g/mol. The van der Waals surface area contributed by atoms with E-state index in [1.807, 2.05) is 24.3 Å². The Morgan fingerprint density at radius 1 is 1.00 bits per heavy atom. The number of nitrogens with zero attached hydrogens (tertiary/aromatic N) is 3. The van der Waals surface area contributed by atoms with Gasteiger partial charge >= 0.3 is 0 Å². The van der Waals surface area contributed by atoms with Gasteiger partial charge in [-0.05, 0) is 37.6 Å². The summed E-state index contributed by atoms with van der Waals surface area (Å²) in [5.41, 5.74) is 3.18. The lowest BCUT2D eigenvalue weighted by Gasteiger charge is -2.12. The number of aromatic nitrogens is 3. The van der Waals surface area contributed by atoms with E-state index in [2.05, 4.69) is 46.0 Å². The summed E-state index contributed by atoms with van der Waals surface area (Å²) >= 11 is 1.68. The first kappa shape index (κ1) is 18.5. The Hall–Kier alpha value is -2.31. The highest BCUT2D eigenvalue weighted by Crippen LogP contribution is 2.33. The molecule has 5 nitrogen and oxygen atoms in total. The normalized spacial score (nSPS) is 10.9. The summed E-state index contributed by atoms with van der Waals surface area (Å²) in [5, 5.41) is 9.78. The molecule has 0 bridgehead atoms. The maximum atomic E-state index is 5.53. The van der Waals surface area contributed by atoms with Crippen LogP contribution in [0.5, 0.6) is 5.75 Å². The zero-order valence-corrected chi connectivity index (χ0v) is 16.1. The maximum absolute atomic E-state index is 5.53. The van der Waals surface area contributed by atoms with Gasteiger partial charge in [-0.25, -0.2) is 0 Å². The average Bonchev–Trinajstić information content (AvgIpc) is 3.09. The van der Waals surface area contributed by atoms with Crippen molar-refractivity contribution >= 4 is 11.8 Å². The molecule has 0 N–H and O–H groups in total. The molecule has 0 fully saturated rings. The van der Waals surface area contributed by atoms with Crippen LogP contribution >= 0.6 is 11.8 Å². The van der Waals surface area contributed by atoms with Gasteiger partial charge in [-0.1, -0.05) is 41.6 Å². The summed E-state index contributed by atoms with van der Waals surface area (Å²) in [4.78, 5) is 0. The molecule has 0 radical (unpaired) electrons. The molecule has 0 saturated heterocycles. The van der Waals surface area contributed by atoms with E-state index in [4.69, 9.17) is 9.47 Å². The summed E-state index contributed by atoms with van der Waals surface area (Å²) < 4.78 is 12.8. The fourth-order valence-corrected chi connectivity index (χ4v) is 3.52. The van der Waals surface area contributed by atoms with Gasteiger partial charge in [0.2, 0.25) is 0 Å². The van der Waals surface area contributed by atoms with Gasteiger partial charge in [0.15, 0.2) is 11.0 Å². The molecule has 2 aromatic carbocycles. The summed E-state index contributed by atoms with van der Waals surface area (Å²) in [7, 11) is 3.39. The molecule has 0 aliphatic rings. The first-order valence-corrected chi connectivity index (χ1v) is 9.50. The maximum Gasteiger partial charge on any atom is 0.196 e. The fourth-order valence-electron chi connectivity index (χ4n) is 2.66. The molecule has 1 aromatic heterocycles. The standard InChI is InChI=1S/C20H23N3O2S/c1-15-9-11-16(12-10-15)23-19(17-7-4-5-8-18(17)25-3)21-22-20(23)26-14-6-13-24-2/h4-5,7-12H,6,13-14H2,1-3H3. The molecule has 0 spiro atoms. The van der Waals surface area contributed by atoms with E-state index in [9.17, 15) is 0 Å². The minimum Gasteiger partial charge on any atom is -0.496 e. The summed E-state index contributed by atoms with van der Waals surface area (Å²) in [6, 6.07) is 16.3. The van der Waals surface area contributed by atoms with Crippen molar-refractivity contribution in [1.82, 2.24) is 14.8 Å². The van der Waals surface area contributed by atoms with E-state index in [0.717, 1.165) is 46.8 Å².